The van der Waals surface area contributed by atoms with E-state index < -0.39 is 0 Å². The highest BCUT2D eigenvalue weighted by molar-refractivity contribution is 8.01. The van der Waals surface area contributed by atoms with Crippen LogP contribution in [0.25, 0.3) is 10.2 Å². The Kier molecular flexibility index (Phi) is 3.80. The zero-order chi connectivity index (χ0) is 14.3. The van der Waals surface area contributed by atoms with Gasteiger partial charge in [-0.3, -0.25) is 0 Å². The van der Waals surface area contributed by atoms with Crippen LogP contribution in [0.15, 0.2) is 15.4 Å². The van der Waals surface area contributed by atoms with Crippen molar-refractivity contribution in [3.05, 3.63) is 16.2 Å². The monoisotopic (exact) mass is 343 g/mol. The molecule has 0 spiro atoms. The fraction of sp³-hybridized carbons (Fsp3) is 0.273. The average molecular weight is 344 g/mol. The van der Waals surface area contributed by atoms with Gasteiger partial charge in [0.2, 0.25) is 10.4 Å². The van der Waals surface area contributed by atoms with Crippen LogP contribution in [0.1, 0.15) is 4.88 Å². The first-order chi connectivity index (χ1) is 9.52. The van der Waals surface area contributed by atoms with Crippen molar-refractivity contribution in [2.45, 2.75) is 16.3 Å². The molecule has 0 aliphatic heterocycles. The second-order valence-corrected chi connectivity index (χ2v) is 7.99. The topological polar surface area (TPSA) is 54.8 Å². The Balaban J connectivity index is 2.00. The maximum absolute atomic E-state index is 5.99. The predicted octanol–water partition coefficient (Wildman–Crippen LogP) is 3.72. The minimum atomic E-state index is 0.263. The molecule has 0 aromatic carbocycles. The van der Waals surface area contributed by atoms with E-state index in [1.165, 1.54) is 28.0 Å². The molecule has 3 heterocycles. The molecule has 0 radical (unpaired) electrons. The van der Waals surface area contributed by atoms with E-state index in [0.29, 0.717) is 0 Å². The molecule has 0 amide bonds. The van der Waals surface area contributed by atoms with Crippen molar-refractivity contribution in [1.29, 1.82) is 0 Å². The Hall–Kier alpha value is -0.960. The second kappa shape index (κ2) is 5.44. The third-order valence-corrected chi connectivity index (χ3v) is 5.68. The van der Waals surface area contributed by atoms with Crippen molar-refractivity contribution in [3.63, 3.8) is 0 Å². The van der Waals surface area contributed by atoms with E-state index in [1.807, 2.05) is 25.9 Å². The van der Waals surface area contributed by atoms with Gasteiger partial charge in [-0.2, -0.15) is 0 Å². The van der Waals surface area contributed by atoms with Crippen LogP contribution in [0, 0.1) is 6.92 Å². The highest BCUT2D eigenvalue weighted by atomic mass is 35.5. The van der Waals surface area contributed by atoms with Gasteiger partial charge < -0.3 is 4.90 Å². The number of halogens is 1. The summed E-state index contributed by atoms with van der Waals surface area (Å²) in [6.07, 6.45) is 0. The molecule has 0 saturated carbocycles. The third kappa shape index (κ3) is 2.73. The molecule has 3 aromatic rings. The molecule has 0 N–H and O–H groups in total. The summed E-state index contributed by atoms with van der Waals surface area (Å²) < 4.78 is 0.841. The summed E-state index contributed by atoms with van der Waals surface area (Å²) in [4.78, 5) is 12.6. The van der Waals surface area contributed by atoms with Gasteiger partial charge in [-0.05, 0) is 36.4 Å². The third-order valence-electron chi connectivity index (χ3n) is 2.42. The lowest BCUT2D eigenvalue weighted by atomic mass is 10.4. The van der Waals surface area contributed by atoms with E-state index in [9.17, 15) is 0 Å². The van der Waals surface area contributed by atoms with Crippen LogP contribution in [0.4, 0.5) is 5.13 Å². The fourth-order valence-corrected chi connectivity index (χ4v) is 4.56. The lowest BCUT2D eigenvalue weighted by molar-refractivity contribution is 0.970. The van der Waals surface area contributed by atoms with Crippen LogP contribution in [0.5, 0.6) is 0 Å². The first kappa shape index (κ1) is 14.0. The standard InChI is InChI=1S/C11H10ClN5S3/c1-5-4-6-7(18-5)13-9(12)14-8(6)19-11-16-15-10(20-11)17(2)3/h4H,1-3H3. The maximum Gasteiger partial charge on any atom is 0.224 e. The molecule has 0 unspecified atom stereocenters. The summed E-state index contributed by atoms with van der Waals surface area (Å²) in [7, 11) is 3.88. The lowest BCUT2D eigenvalue weighted by Crippen LogP contribution is -2.07. The molecule has 9 heteroatoms. The molecule has 0 aliphatic carbocycles. The number of hydrogen-bond acceptors (Lipinski definition) is 8. The summed E-state index contributed by atoms with van der Waals surface area (Å²) >= 11 is 10.6. The second-order valence-electron chi connectivity index (χ2n) is 4.22. The number of nitrogens with zero attached hydrogens (tertiary/aromatic N) is 5. The Labute approximate surface area is 133 Å². The van der Waals surface area contributed by atoms with Gasteiger partial charge in [-0.25, -0.2) is 9.97 Å². The maximum atomic E-state index is 5.99. The number of anilines is 1. The van der Waals surface area contributed by atoms with E-state index in [-0.39, 0.29) is 5.28 Å². The Morgan fingerprint density at radius 3 is 2.70 bits per heavy atom. The zero-order valence-corrected chi connectivity index (χ0v) is 14.1. The minimum absolute atomic E-state index is 0.263. The van der Waals surface area contributed by atoms with Crippen LogP contribution < -0.4 is 4.90 Å². The largest absolute Gasteiger partial charge is 0.353 e. The molecule has 0 atom stereocenters. The number of aryl methyl sites for hydroxylation is 1. The molecule has 5 nitrogen and oxygen atoms in total. The van der Waals surface area contributed by atoms with Crippen LogP contribution in [0.3, 0.4) is 0 Å². The molecule has 20 heavy (non-hydrogen) atoms. The molecule has 0 bridgehead atoms. The molecule has 0 aliphatic rings. The van der Waals surface area contributed by atoms with Crippen molar-refractivity contribution in [3.8, 4) is 0 Å². The number of rotatable bonds is 3. The number of thiophene rings is 1. The van der Waals surface area contributed by atoms with Gasteiger partial charge >= 0.3 is 0 Å². The highest BCUT2D eigenvalue weighted by Crippen LogP contribution is 2.37. The first-order valence-electron chi connectivity index (χ1n) is 5.65. The highest BCUT2D eigenvalue weighted by Gasteiger charge is 2.14. The van der Waals surface area contributed by atoms with Crippen LogP contribution in [-0.2, 0) is 0 Å². The van der Waals surface area contributed by atoms with E-state index in [4.69, 9.17) is 11.6 Å². The van der Waals surface area contributed by atoms with E-state index in [1.54, 1.807) is 11.3 Å². The van der Waals surface area contributed by atoms with Gasteiger partial charge in [-0.15, -0.1) is 21.5 Å². The van der Waals surface area contributed by atoms with Crippen molar-refractivity contribution in [2.75, 3.05) is 19.0 Å². The summed E-state index contributed by atoms with van der Waals surface area (Å²) in [5, 5.41) is 11.3. The molecular formula is C11H10ClN5S3. The van der Waals surface area contributed by atoms with Gasteiger partial charge in [0, 0.05) is 24.4 Å². The van der Waals surface area contributed by atoms with Crippen LogP contribution >= 0.6 is 46.0 Å². The molecule has 104 valence electrons. The van der Waals surface area contributed by atoms with E-state index >= 15 is 0 Å². The average Bonchev–Trinajstić information content (AvgIpc) is 2.95. The molecular weight excluding hydrogens is 334 g/mol. The normalized spacial score (nSPS) is 11.2. The molecule has 0 fully saturated rings. The van der Waals surface area contributed by atoms with Crippen LogP contribution in [-0.4, -0.2) is 34.3 Å². The fourth-order valence-electron chi connectivity index (χ4n) is 1.58. The smallest absolute Gasteiger partial charge is 0.224 e. The lowest BCUT2D eigenvalue weighted by Gasteiger charge is -2.03. The summed E-state index contributed by atoms with van der Waals surface area (Å²) in [5.74, 6) is 0. The number of hydrogen-bond donors (Lipinski definition) is 0. The summed E-state index contributed by atoms with van der Waals surface area (Å²) in [5.41, 5.74) is 0. The van der Waals surface area contributed by atoms with Crippen molar-refractivity contribution in [2.24, 2.45) is 0 Å². The zero-order valence-electron chi connectivity index (χ0n) is 10.9. The van der Waals surface area contributed by atoms with Crippen molar-refractivity contribution < 1.29 is 0 Å². The van der Waals surface area contributed by atoms with Gasteiger partial charge in [0.1, 0.15) is 9.86 Å². The van der Waals surface area contributed by atoms with Gasteiger partial charge in [0.25, 0.3) is 0 Å². The Bertz CT molecular complexity index is 767. The first-order valence-corrected chi connectivity index (χ1v) is 8.48. The van der Waals surface area contributed by atoms with E-state index in [0.717, 1.165) is 24.7 Å². The SMILES string of the molecule is Cc1cc2c(Sc3nnc(N(C)C)s3)nc(Cl)nc2s1. The Morgan fingerprint density at radius 1 is 1.20 bits per heavy atom. The molecule has 3 aromatic heterocycles. The van der Waals surface area contributed by atoms with Crippen molar-refractivity contribution in [1.82, 2.24) is 20.2 Å². The van der Waals surface area contributed by atoms with Gasteiger partial charge in [0.05, 0.1) is 0 Å². The predicted molar refractivity (Wildman–Crippen MR) is 85.5 cm³/mol. The molecule has 0 saturated heterocycles. The quantitative estimate of drug-likeness (QED) is 0.533. The minimum Gasteiger partial charge on any atom is -0.353 e. The molecule has 3 rings (SSSR count). The summed E-state index contributed by atoms with van der Waals surface area (Å²) in [6, 6.07) is 2.08. The van der Waals surface area contributed by atoms with Gasteiger partial charge in [-0.1, -0.05) is 11.3 Å². The van der Waals surface area contributed by atoms with Crippen molar-refractivity contribution >= 4 is 61.4 Å². The number of aromatic nitrogens is 4. The number of fused-ring (bicyclic) bond motifs is 1. The van der Waals surface area contributed by atoms with E-state index in [2.05, 4.69) is 26.2 Å². The van der Waals surface area contributed by atoms with Gasteiger partial charge in [0.15, 0.2) is 4.34 Å². The Morgan fingerprint density at radius 2 is 2.00 bits per heavy atom. The van der Waals surface area contributed by atoms with Crippen LogP contribution in [0.2, 0.25) is 5.28 Å². The summed E-state index contributed by atoms with van der Waals surface area (Å²) in [6.45, 7) is 2.05.